The summed E-state index contributed by atoms with van der Waals surface area (Å²) in [6.45, 7) is 2.75. The van der Waals surface area contributed by atoms with Crippen LogP contribution in [0.15, 0.2) is 47.5 Å². The Labute approximate surface area is 152 Å². The number of carbonyl (C=O) groups is 2. The molecule has 4 heterocycles. The van der Waals surface area contributed by atoms with Gasteiger partial charge in [0.05, 0.1) is 17.2 Å². The second-order valence-electron chi connectivity index (χ2n) is 7.27. The predicted molar refractivity (Wildman–Crippen MR) is 95.2 cm³/mol. The summed E-state index contributed by atoms with van der Waals surface area (Å²) >= 11 is 0. The minimum absolute atomic E-state index is 0.00473. The molecule has 0 aliphatic carbocycles. The third-order valence-corrected chi connectivity index (χ3v) is 5.72. The van der Waals surface area contributed by atoms with E-state index in [4.69, 9.17) is 4.42 Å². The number of likely N-dealkylation sites (tertiary alicyclic amines) is 2. The van der Waals surface area contributed by atoms with E-state index in [0.29, 0.717) is 25.2 Å². The topological polar surface area (TPSA) is 66.7 Å². The summed E-state index contributed by atoms with van der Waals surface area (Å²) in [5, 5.41) is 0. The number of nitrogens with zero attached hydrogens (tertiary/aromatic N) is 3. The maximum absolute atomic E-state index is 13.1. The molecule has 2 fully saturated rings. The molecule has 6 nitrogen and oxygen atoms in total. The predicted octanol–water partition coefficient (Wildman–Crippen LogP) is 2.72. The quantitative estimate of drug-likeness (QED) is 0.851. The van der Waals surface area contributed by atoms with Crippen LogP contribution in [0.4, 0.5) is 0 Å². The highest BCUT2D eigenvalue weighted by atomic mass is 16.3. The first-order chi connectivity index (χ1) is 12.7. The van der Waals surface area contributed by atoms with Gasteiger partial charge >= 0.3 is 0 Å². The van der Waals surface area contributed by atoms with Gasteiger partial charge in [0.2, 0.25) is 5.91 Å². The van der Waals surface area contributed by atoms with E-state index >= 15 is 0 Å². The van der Waals surface area contributed by atoms with E-state index < -0.39 is 0 Å². The third kappa shape index (κ3) is 3.11. The van der Waals surface area contributed by atoms with Crippen LogP contribution in [-0.2, 0) is 11.3 Å². The summed E-state index contributed by atoms with van der Waals surface area (Å²) in [6, 6.07) is 5.60. The van der Waals surface area contributed by atoms with Crippen molar-refractivity contribution in [1.82, 2.24) is 14.8 Å². The maximum Gasteiger partial charge on any atom is 0.257 e. The molecule has 0 N–H and O–H groups in total. The molecule has 1 atom stereocenters. The monoisotopic (exact) mass is 353 g/mol. The van der Waals surface area contributed by atoms with Crippen LogP contribution in [0.2, 0.25) is 0 Å². The summed E-state index contributed by atoms with van der Waals surface area (Å²) in [6.07, 6.45) is 9.86. The van der Waals surface area contributed by atoms with Gasteiger partial charge in [0, 0.05) is 38.6 Å². The number of amides is 2. The summed E-state index contributed by atoms with van der Waals surface area (Å²) in [4.78, 5) is 33.6. The van der Waals surface area contributed by atoms with Gasteiger partial charge in [-0.1, -0.05) is 0 Å². The van der Waals surface area contributed by atoms with Gasteiger partial charge < -0.3 is 14.2 Å². The SMILES string of the molecule is O=C(c1ccoc1)N1CCCC2(CC1)CCN(Cc1ccncc1)C2=O. The summed E-state index contributed by atoms with van der Waals surface area (Å²) < 4.78 is 5.03. The maximum atomic E-state index is 13.1. The van der Waals surface area contributed by atoms with E-state index in [1.54, 1.807) is 18.5 Å². The Bertz CT molecular complexity index is 775. The van der Waals surface area contributed by atoms with E-state index in [-0.39, 0.29) is 17.2 Å². The molecule has 2 aromatic rings. The molecule has 0 saturated carbocycles. The summed E-state index contributed by atoms with van der Waals surface area (Å²) in [7, 11) is 0. The lowest BCUT2D eigenvalue weighted by atomic mass is 9.79. The van der Waals surface area contributed by atoms with E-state index in [1.165, 1.54) is 12.5 Å². The van der Waals surface area contributed by atoms with Gasteiger partial charge in [0.25, 0.3) is 5.91 Å². The van der Waals surface area contributed by atoms with Crippen LogP contribution in [0.1, 0.15) is 41.6 Å². The van der Waals surface area contributed by atoms with Crippen LogP contribution < -0.4 is 0 Å². The van der Waals surface area contributed by atoms with E-state index in [9.17, 15) is 9.59 Å². The Morgan fingerprint density at radius 1 is 1.12 bits per heavy atom. The van der Waals surface area contributed by atoms with Crippen molar-refractivity contribution in [3.63, 3.8) is 0 Å². The van der Waals surface area contributed by atoms with Gasteiger partial charge in [0.15, 0.2) is 0 Å². The Morgan fingerprint density at radius 3 is 2.69 bits per heavy atom. The number of pyridine rings is 1. The van der Waals surface area contributed by atoms with Crippen LogP contribution in [-0.4, -0.2) is 46.2 Å². The third-order valence-electron chi connectivity index (χ3n) is 5.72. The minimum Gasteiger partial charge on any atom is -0.472 e. The molecule has 2 aliphatic rings. The van der Waals surface area contributed by atoms with Crippen LogP contribution in [0.3, 0.4) is 0 Å². The Kier molecular flexibility index (Phi) is 4.49. The summed E-state index contributed by atoms with van der Waals surface area (Å²) in [5.74, 6) is 0.238. The molecule has 2 aromatic heterocycles. The van der Waals surface area contributed by atoms with Crippen LogP contribution >= 0.6 is 0 Å². The molecule has 4 rings (SSSR count). The van der Waals surface area contributed by atoms with Gasteiger partial charge in [-0.15, -0.1) is 0 Å². The Hall–Kier alpha value is -2.63. The number of furan rings is 1. The lowest BCUT2D eigenvalue weighted by molar-refractivity contribution is -0.137. The largest absolute Gasteiger partial charge is 0.472 e. The summed E-state index contributed by atoms with van der Waals surface area (Å²) in [5.41, 5.74) is 1.38. The average molecular weight is 353 g/mol. The van der Waals surface area contributed by atoms with Crippen LogP contribution in [0.25, 0.3) is 0 Å². The fourth-order valence-corrected chi connectivity index (χ4v) is 4.18. The first-order valence-electron chi connectivity index (χ1n) is 9.18. The van der Waals surface area contributed by atoms with E-state index in [2.05, 4.69) is 4.98 Å². The molecule has 0 bridgehead atoms. The van der Waals surface area contributed by atoms with Gasteiger partial charge in [0.1, 0.15) is 6.26 Å². The zero-order chi connectivity index (χ0) is 18.0. The number of aromatic nitrogens is 1. The molecule has 1 unspecified atom stereocenters. The van der Waals surface area contributed by atoms with Gasteiger partial charge in [-0.3, -0.25) is 14.6 Å². The standard InChI is InChI=1S/C20H23N3O3/c24-18(17-4-13-26-15-17)22-10-1-5-20(6-11-22)7-12-23(19(20)25)14-16-2-8-21-9-3-16/h2-4,8-9,13,15H,1,5-7,10-12,14H2. The first-order valence-corrected chi connectivity index (χ1v) is 9.18. The highest BCUT2D eigenvalue weighted by Crippen LogP contribution is 2.42. The number of hydrogen-bond acceptors (Lipinski definition) is 4. The molecule has 2 amide bonds. The lowest BCUT2D eigenvalue weighted by Gasteiger charge is -2.26. The molecule has 2 saturated heterocycles. The average Bonchev–Trinajstić information content (AvgIpc) is 3.23. The molecule has 2 aliphatic heterocycles. The highest BCUT2D eigenvalue weighted by Gasteiger charge is 2.47. The second-order valence-corrected chi connectivity index (χ2v) is 7.27. The van der Waals surface area contributed by atoms with Gasteiger partial charge in [-0.25, -0.2) is 0 Å². The highest BCUT2D eigenvalue weighted by molar-refractivity contribution is 5.94. The molecule has 136 valence electrons. The zero-order valence-electron chi connectivity index (χ0n) is 14.8. The molecule has 1 spiro atoms. The van der Waals surface area contributed by atoms with Crippen molar-refractivity contribution in [1.29, 1.82) is 0 Å². The molecular formula is C20H23N3O3. The van der Waals surface area contributed by atoms with E-state index in [0.717, 1.165) is 37.8 Å². The number of hydrogen-bond donors (Lipinski definition) is 0. The molecule has 0 aromatic carbocycles. The van der Waals surface area contributed by atoms with Crippen molar-refractivity contribution in [2.45, 2.75) is 32.2 Å². The van der Waals surface area contributed by atoms with Crippen LogP contribution in [0.5, 0.6) is 0 Å². The van der Waals surface area contributed by atoms with Crippen molar-refractivity contribution in [3.05, 3.63) is 54.2 Å². The second kappa shape index (κ2) is 6.94. The fraction of sp³-hybridized carbons (Fsp3) is 0.450. The molecular weight excluding hydrogens is 330 g/mol. The number of carbonyl (C=O) groups excluding carboxylic acids is 2. The van der Waals surface area contributed by atoms with Crippen molar-refractivity contribution >= 4 is 11.8 Å². The zero-order valence-corrected chi connectivity index (χ0v) is 14.8. The lowest BCUT2D eigenvalue weighted by Crippen LogP contribution is -2.36. The molecule has 0 radical (unpaired) electrons. The van der Waals surface area contributed by atoms with Crippen molar-refractivity contribution in [2.75, 3.05) is 19.6 Å². The van der Waals surface area contributed by atoms with Crippen molar-refractivity contribution in [3.8, 4) is 0 Å². The van der Waals surface area contributed by atoms with Gasteiger partial charge in [-0.2, -0.15) is 0 Å². The smallest absolute Gasteiger partial charge is 0.257 e. The first kappa shape index (κ1) is 16.8. The normalized spacial score (nSPS) is 23.5. The molecule has 6 heteroatoms. The van der Waals surface area contributed by atoms with E-state index in [1.807, 2.05) is 21.9 Å². The van der Waals surface area contributed by atoms with Crippen molar-refractivity contribution in [2.24, 2.45) is 5.41 Å². The Balaban J connectivity index is 1.43. The Morgan fingerprint density at radius 2 is 1.92 bits per heavy atom. The number of rotatable bonds is 3. The van der Waals surface area contributed by atoms with Crippen molar-refractivity contribution < 1.29 is 14.0 Å². The van der Waals surface area contributed by atoms with Gasteiger partial charge in [-0.05, 0) is 49.4 Å². The fourth-order valence-electron chi connectivity index (χ4n) is 4.18. The molecule has 26 heavy (non-hydrogen) atoms. The van der Waals surface area contributed by atoms with Crippen LogP contribution in [0, 0.1) is 5.41 Å². The minimum atomic E-state index is -0.307.